The van der Waals surface area contributed by atoms with Crippen LogP contribution >= 0.6 is 11.6 Å². The predicted octanol–water partition coefficient (Wildman–Crippen LogP) is 3.53. The Morgan fingerprint density at radius 1 is 1.00 bits per heavy atom. The second kappa shape index (κ2) is 5.85. The fourth-order valence-electron chi connectivity index (χ4n) is 2.52. The van der Waals surface area contributed by atoms with E-state index in [1.807, 2.05) is 26.0 Å². The van der Waals surface area contributed by atoms with E-state index in [2.05, 4.69) is 25.9 Å². The van der Waals surface area contributed by atoms with Gasteiger partial charge >= 0.3 is 6.01 Å². The van der Waals surface area contributed by atoms with Crippen molar-refractivity contribution in [2.45, 2.75) is 26.7 Å². The van der Waals surface area contributed by atoms with E-state index >= 15 is 0 Å². The molecular weight excluding hydrogens is 288 g/mol. The Balaban J connectivity index is 1.87. The fraction of sp³-hybridized carbons (Fsp3) is 0.400. The van der Waals surface area contributed by atoms with Crippen LogP contribution in [0.25, 0.3) is 0 Å². The molecule has 1 saturated heterocycles. The summed E-state index contributed by atoms with van der Waals surface area (Å²) >= 11 is 5.99. The minimum absolute atomic E-state index is 0.159. The highest BCUT2D eigenvalue weighted by molar-refractivity contribution is 6.28. The lowest BCUT2D eigenvalue weighted by atomic mass is 10.1. The van der Waals surface area contributed by atoms with Gasteiger partial charge in [-0.3, -0.25) is 0 Å². The third-order valence-corrected chi connectivity index (χ3v) is 3.54. The van der Waals surface area contributed by atoms with Gasteiger partial charge in [-0.15, -0.1) is 0 Å². The van der Waals surface area contributed by atoms with Gasteiger partial charge in [-0.2, -0.15) is 15.0 Å². The van der Waals surface area contributed by atoms with Gasteiger partial charge in [0.05, 0.1) is 0 Å². The SMILES string of the molecule is Cc1cc(C)cc(Oc2nc(Cl)nc(N3CCCC3)n2)c1. The summed E-state index contributed by atoms with van der Waals surface area (Å²) < 4.78 is 5.75. The molecule has 110 valence electrons. The van der Waals surface area contributed by atoms with Gasteiger partial charge in [0.25, 0.3) is 0 Å². The number of hydrogen-bond acceptors (Lipinski definition) is 5. The molecule has 0 N–H and O–H groups in total. The normalized spacial score (nSPS) is 14.5. The van der Waals surface area contributed by atoms with Crippen molar-refractivity contribution < 1.29 is 4.74 Å². The first-order chi connectivity index (χ1) is 10.1. The number of ether oxygens (including phenoxy) is 1. The van der Waals surface area contributed by atoms with Crippen LogP contribution in [0.2, 0.25) is 5.28 Å². The molecule has 2 heterocycles. The maximum Gasteiger partial charge on any atom is 0.328 e. The smallest absolute Gasteiger partial charge is 0.328 e. The maximum atomic E-state index is 5.99. The number of benzene rings is 1. The second-order valence-electron chi connectivity index (χ2n) is 5.31. The van der Waals surface area contributed by atoms with Gasteiger partial charge in [0.2, 0.25) is 11.2 Å². The van der Waals surface area contributed by atoms with Gasteiger partial charge in [0.15, 0.2) is 0 Å². The van der Waals surface area contributed by atoms with Crippen LogP contribution in [0.4, 0.5) is 5.95 Å². The molecule has 1 aliphatic heterocycles. The molecule has 0 atom stereocenters. The number of nitrogens with zero attached hydrogens (tertiary/aromatic N) is 4. The summed E-state index contributed by atoms with van der Waals surface area (Å²) in [6.07, 6.45) is 2.30. The zero-order valence-electron chi connectivity index (χ0n) is 12.1. The Morgan fingerprint density at radius 2 is 1.67 bits per heavy atom. The van der Waals surface area contributed by atoms with Gasteiger partial charge in [0.1, 0.15) is 5.75 Å². The minimum Gasteiger partial charge on any atom is -0.424 e. The first-order valence-electron chi connectivity index (χ1n) is 7.03. The lowest BCUT2D eigenvalue weighted by Gasteiger charge is -2.15. The molecule has 5 nitrogen and oxygen atoms in total. The van der Waals surface area contributed by atoms with Gasteiger partial charge in [0, 0.05) is 13.1 Å². The largest absolute Gasteiger partial charge is 0.424 e. The number of halogens is 1. The molecule has 0 unspecified atom stereocenters. The summed E-state index contributed by atoms with van der Waals surface area (Å²) in [6, 6.07) is 6.21. The quantitative estimate of drug-likeness (QED) is 0.868. The third kappa shape index (κ3) is 3.42. The van der Waals surface area contributed by atoms with E-state index in [-0.39, 0.29) is 11.3 Å². The van der Waals surface area contributed by atoms with Crippen molar-refractivity contribution in [2.75, 3.05) is 18.0 Å². The van der Waals surface area contributed by atoms with Crippen molar-refractivity contribution in [3.8, 4) is 11.8 Å². The highest BCUT2D eigenvalue weighted by atomic mass is 35.5. The Bertz CT molecular complexity index is 636. The van der Waals surface area contributed by atoms with Gasteiger partial charge in [-0.25, -0.2) is 0 Å². The summed E-state index contributed by atoms with van der Waals surface area (Å²) in [4.78, 5) is 14.7. The molecule has 3 rings (SSSR count). The van der Waals surface area contributed by atoms with Crippen LogP contribution < -0.4 is 9.64 Å². The first kappa shape index (κ1) is 14.1. The van der Waals surface area contributed by atoms with Crippen LogP contribution in [0.3, 0.4) is 0 Å². The highest BCUT2D eigenvalue weighted by Gasteiger charge is 2.17. The topological polar surface area (TPSA) is 51.1 Å². The highest BCUT2D eigenvalue weighted by Crippen LogP contribution is 2.24. The minimum atomic E-state index is 0.159. The molecular formula is C15H17ClN4O. The molecule has 0 radical (unpaired) electrons. The van der Waals surface area contributed by atoms with Crippen LogP contribution in [-0.4, -0.2) is 28.0 Å². The number of aromatic nitrogens is 3. The van der Waals surface area contributed by atoms with Crippen molar-refractivity contribution in [1.29, 1.82) is 0 Å². The fourth-order valence-corrected chi connectivity index (χ4v) is 2.67. The molecule has 0 aliphatic carbocycles. The van der Waals surface area contributed by atoms with E-state index in [1.54, 1.807) is 0 Å². The van der Waals surface area contributed by atoms with E-state index in [0.29, 0.717) is 11.7 Å². The van der Waals surface area contributed by atoms with Crippen LogP contribution in [0.15, 0.2) is 18.2 Å². The predicted molar refractivity (Wildman–Crippen MR) is 82.3 cm³/mol. The molecule has 0 saturated carbocycles. The molecule has 1 aromatic carbocycles. The number of rotatable bonds is 3. The Labute approximate surface area is 129 Å². The van der Waals surface area contributed by atoms with Crippen molar-refractivity contribution in [3.05, 3.63) is 34.6 Å². The number of anilines is 1. The van der Waals surface area contributed by atoms with E-state index in [4.69, 9.17) is 16.3 Å². The summed E-state index contributed by atoms with van der Waals surface area (Å²) in [5, 5.41) is 0.159. The average Bonchev–Trinajstić information content (AvgIpc) is 2.90. The molecule has 0 spiro atoms. The Kier molecular flexibility index (Phi) is 3.92. The molecule has 1 fully saturated rings. The molecule has 21 heavy (non-hydrogen) atoms. The maximum absolute atomic E-state index is 5.99. The van der Waals surface area contributed by atoms with E-state index in [9.17, 15) is 0 Å². The zero-order chi connectivity index (χ0) is 14.8. The van der Waals surface area contributed by atoms with Crippen LogP contribution in [0, 0.1) is 13.8 Å². The Morgan fingerprint density at radius 3 is 2.33 bits per heavy atom. The van der Waals surface area contributed by atoms with Gasteiger partial charge < -0.3 is 9.64 Å². The van der Waals surface area contributed by atoms with Crippen LogP contribution in [0.5, 0.6) is 11.8 Å². The van der Waals surface area contributed by atoms with E-state index in [0.717, 1.165) is 37.1 Å². The van der Waals surface area contributed by atoms with Crippen LogP contribution in [-0.2, 0) is 0 Å². The molecule has 0 bridgehead atoms. The van der Waals surface area contributed by atoms with Crippen molar-refractivity contribution in [1.82, 2.24) is 15.0 Å². The summed E-state index contributed by atoms with van der Waals surface area (Å²) in [5.74, 6) is 1.30. The Hall–Kier alpha value is -1.88. The lowest BCUT2D eigenvalue weighted by Crippen LogP contribution is -2.21. The molecule has 6 heteroatoms. The monoisotopic (exact) mass is 304 g/mol. The van der Waals surface area contributed by atoms with Crippen molar-refractivity contribution in [2.24, 2.45) is 0 Å². The standard InChI is InChI=1S/C15H17ClN4O/c1-10-7-11(2)9-12(8-10)21-15-18-13(16)17-14(19-15)20-5-3-4-6-20/h7-9H,3-6H2,1-2H3. The summed E-state index contributed by atoms with van der Waals surface area (Å²) in [5.41, 5.74) is 2.26. The third-order valence-electron chi connectivity index (χ3n) is 3.37. The van der Waals surface area contributed by atoms with Gasteiger partial charge in [-0.1, -0.05) is 6.07 Å². The van der Waals surface area contributed by atoms with Gasteiger partial charge in [-0.05, 0) is 61.5 Å². The summed E-state index contributed by atoms with van der Waals surface area (Å²) in [6.45, 7) is 5.94. The molecule has 2 aromatic rings. The zero-order valence-corrected chi connectivity index (χ0v) is 12.9. The number of hydrogen-bond donors (Lipinski definition) is 0. The molecule has 1 aliphatic rings. The van der Waals surface area contributed by atoms with E-state index in [1.165, 1.54) is 0 Å². The molecule has 1 aromatic heterocycles. The van der Waals surface area contributed by atoms with E-state index < -0.39 is 0 Å². The van der Waals surface area contributed by atoms with Crippen molar-refractivity contribution >= 4 is 17.5 Å². The average molecular weight is 305 g/mol. The number of aryl methyl sites for hydroxylation is 2. The second-order valence-corrected chi connectivity index (χ2v) is 5.64. The van der Waals surface area contributed by atoms with Crippen molar-refractivity contribution in [3.63, 3.8) is 0 Å². The first-order valence-corrected chi connectivity index (χ1v) is 7.40. The lowest BCUT2D eigenvalue weighted by molar-refractivity contribution is 0.438. The molecule has 0 amide bonds. The van der Waals surface area contributed by atoms with Crippen LogP contribution in [0.1, 0.15) is 24.0 Å². The summed E-state index contributed by atoms with van der Waals surface area (Å²) in [7, 11) is 0.